The number of carboxylic acids is 1. The Hall–Kier alpha value is -4.84. The zero-order valence-electron chi connectivity index (χ0n) is 20.0. The molecule has 182 valence electrons. The van der Waals surface area contributed by atoms with Gasteiger partial charge in [0.15, 0.2) is 0 Å². The lowest BCUT2D eigenvalue weighted by Gasteiger charge is -2.35. The van der Waals surface area contributed by atoms with Gasteiger partial charge >= 0.3 is 5.97 Å². The van der Waals surface area contributed by atoms with Crippen LogP contribution in [0.5, 0.6) is 0 Å². The fraction of sp³-hybridized carbons (Fsp3) is 0.0968. The third-order valence-electron chi connectivity index (χ3n) is 6.48. The maximum Gasteiger partial charge on any atom is 0.326 e. The molecule has 0 spiro atoms. The molecule has 0 aliphatic rings. The lowest BCUT2D eigenvalue weighted by atomic mass is 9.68. The normalized spacial score (nSPS) is 12.1. The zero-order valence-corrected chi connectivity index (χ0v) is 20.0. The van der Waals surface area contributed by atoms with E-state index >= 15 is 0 Å². The van der Waals surface area contributed by atoms with Crippen molar-refractivity contribution in [2.45, 2.75) is 17.9 Å². The van der Waals surface area contributed by atoms with E-state index in [1.807, 2.05) is 115 Å². The Bertz CT molecular complexity index is 1430. The highest BCUT2D eigenvalue weighted by Gasteiger charge is 2.45. The largest absolute Gasteiger partial charge is 0.480 e. The SMILES string of the molecule is O=C(O)[C@H](Cc1cnc2ccccc2n1)NC(=O)C(c1ccccc1)(c1ccccc1)c1ccccc1. The fourth-order valence-corrected chi connectivity index (χ4v) is 4.73. The minimum absolute atomic E-state index is 0.00659. The standard InChI is InChI=1S/C31H25N3O3/c35-29(36)28(20-25-21-32-26-18-10-11-19-27(26)33-25)34-30(37)31(22-12-4-1-5-13-22,23-14-6-2-7-15-23)24-16-8-3-9-17-24/h1-19,21,28H,20H2,(H,34,37)(H,35,36)/t28-/m0/s1. The van der Waals surface area contributed by atoms with Crippen LogP contribution >= 0.6 is 0 Å². The Balaban J connectivity index is 1.59. The second-order valence-corrected chi connectivity index (χ2v) is 8.77. The summed E-state index contributed by atoms with van der Waals surface area (Å²) in [7, 11) is 0. The minimum Gasteiger partial charge on any atom is -0.480 e. The number of hydrogen-bond donors (Lipinski definition) is 2. The first-order valence-corrected chi connectivity index (χ1v) is 12.0. The van der Waals surface area contributed by atoms with Gasteiger partial charge in [-0.05, 0) is 28.8 Å². The third kappa shape index (κ3) is 4.69. The zero-order chi connectivity index (χ0) is 25.7. The lowest BCUT2D eigenvalue weighted by molar-refractivity contribution is -0.142. The van der Waals surface area contributed by atoms with Crippen molar-refractivity contribution in [3.8, 4) is 0 Å². The van der Waals surface area contributed by atoms with Gasteiger partial charge in [0.25, 0.3) is 0 Å². The molecule has 0 aliphatic carbocycles. The average Bonchev–Trinajstić information content (AvgIpc) is 2.95. The number of nitrogens with zero attached hydrogens (tertiary/aromatic N) is 2. The van der Waals surface area contributed by atoms with Gasteiger partial charge < -0.3 is 10.4 Å². The molecule has 0 bridgehead atoms. The van der Waals surface area contributed by atoms with Crippen molar-refractivity contribution in [1.29, 1.82) is 0 Å². The summed E-state index contributed by atoms with van der Waals surface area (Å²) >= 11 is 0. The summed E-state index contributed by atoms with van der Waals surface area (Å²) in [5.74, 6) is -1.58. The van der Waals surface area contributed by atoms with E-state index in [0.717, 1.165) is 22.2 Å². The molecule has 0 radical (unpaired) electrons. The first-order valence-electron chi connectivity index (χ1n) is 12.0. The van der Waals surface area contributed by atoms with Gasteiger partial charge in [0.1, 0.15) is 11.5 Å². The van der Waals surface area contributed by atoms with Crippen LogP contribution in [0.1, 0.15) is 22.4 Å². The van der Waals surface area contributed by atoms with Gasteiger partial charge in [-0.25, -0.2) is 9.78 Å². The second-order valence-electron chi connectivity index (χ2n) is 8.77. The minimum atomic E-state index is -1.27. The van der Waals surface area contributed by atoms with Crippen molar-refractivity contribution in [2.24, 2.45) is 0 Å². The van der Waals surface area contributed by atoms with E-state index in [1.54, 1.807) is 6.20 Å². The van der Waals surface area contributed by atoms with Gasteiger partial charge in [-0.2, -0.15) is 0 Å². The van der Waals surface area contributed by atoms with E-state index < -0.39 is 23.3 Å². The highest BCUT2D eigenvalue weighted by Crippen LogP contribution is 2.39. The Morgan fingerprint density at radius 1 is 0.703 bits per heavy atom. The highest BCUT2D eigenvalue weighted by atomic mass is 16.4. The predicted molar refractivity (Wildman–Crippen MR) is 142 cm³/mol. The number of carboxylic acid groups (broad SMARTS) is 1. The number of carbonyl (C=O) groups is 2. The number of nitrogens with one attached hydrogen (secondary N) is 1. The number of aromatic nitrogens is 2. The van der Waals surface area contributed by atoms with Crippen molar-refractivity contribution in [2.75, 3.05) is 0 Å². The molecule has 6 nitrogen and oxygen atoms in total. The fourth-order valence-electron chi connectivity index (χ4n) is 4.73. The molecule has 5 aromatic rings. The van der Waals surface area contributed by atoms with E-state index in [4.69, 9.17) is 0 Å². The molecule has 4 aromatic carbocycles. The van der Waals surface area contributed by atoms with E-state index in [1.165, 1.54) is 0 Å². The van der Waals surface area contributed by atoms with Crippen LogP contribution < -0.4 is 5.32 Å². The van der Waals surface area contributed by atoms with Crippen LogP contribution in [0.4, 0.5) is 0 Å². The molecular formula is C31H25N3O3. The molecule has 1 aromatic heterocycles. The Labute approximate surface area is 214 Å². The third-order valence-corrected chi connectivity index (χ3v) is 6.48. The van der Waals surface area contributed by atoms with E-state index in [9.17, 15) is 14.7 Å². The molecule has 6 heteroatoms. The molecular weight excluding hydrogens is 462 g/mol. The van der Waals surface area contributed by atoms with Crippen molar-refractivity contribution in [3.05, 3.63) is 144 Å². The summed E-state index contributed by atoms with van der Waals surface area (Å²) in [5, 5.41) is 13.0. The topological polar surface area (TPSA) is 92.2 Å². The quantitative estimate of drug-likeness (QED) is 0.308. The van der Waals surface area contributed by atoms with Crippen molar-refractivity contribution in [1.82, 2.24) is 15.3 Å². The number of aliphatic carboxylic acids is 1. The molecule has 37 heavy (non-hydrogen) atoms. The summed E-state index contributed by atoms with van der Waals surface area (Å²) in [6.45, 7) is 0. The van der Waals surface area contributed by atoms with Crippen molar-refractivity contribution < 1.29 is 14.7 Å². The van der Waals surface area contributed by atoms with Gasteiger partial charge in [0.2, 0.25) is 5.91 Å². The van der Waals surface area contributed by atoms with Crippen molar-refractivity contribution in [3.63, 3.8) is 0 Å². The molecule has 0 fully saturated rings. The van der Waals surface area contributed by atoms with Crippen molar-refractivity contribution >= 4 is 22.9 Å². The first kappa shape index (κ1) is 23.9. The average molecular weight is 488 g/mol. The predicted octanol–water partition coefficient (Wildman–Crippen LogP) is 4.78. The maximum absolute atomic E-state index is 14.4. The molecule has 0 unspecified atom stereocenters. The van der Waals surface area contributed by atoms with Crippen LogP contribution in [0.15, 0.2) is 121 Å². The number of para-hydroxylation sites is 2. The molecule has 1 heterocycles. The summed E-state index contributed by atoms with van der Waals surface area (Å²) in [6.07, 6.45) is 1.55. The first-order chi connectivity index (χ1) is 18.1. The monoisotopic (exact) mass is 487 g/mol. The molecule has 1 atom stereocenters. The summed E-state index contributed by atoms with van der Waals surface area (Å²) < 4.78 is 0. The highest BCUT2D eigenvalue weighted by molar-refractivity contribution is 5.98. The Kier molecular flexibility index (Phi) is 6.72. The van der Waals surface area contributed by atoms with E-state index in [2.05, 4.69) is 15.3 Å². The van der Waals surface area contributed by atoms with Crippen LogP contribution in [0.2, 0.25) is 0 Å². The molecule has 0 aliphatic heterocycles. The van der Waals surface area contributed by atoms with E-state index in [-0.39, 0.29) is 6.42 Å². The maximum atomic E-state index is 14.4. The lowest BCUT2D eigenvalue weighted by Crippen LogP contribution is -2.52. The van der Waals surface area contributed by atoms with Gasteiger partial charge in [-0.3, -0.25) is 9.78 Å². The van der Waals surface area contributed by atoms with Crippen LogP contribution in [-0.4, -0.2) is 33.0 Å². The van der Waals surface area contributed by atoms with Gasteiger partial charge in [0, 0.05) is 12.6 Å². The van der Waals surface area contributed by atoms with Crippen LogP contribution in [0, 0.1) is 0 Å². The summed E-state index contributed by atoms with van der Waals surface area (Å²) in [4.78, 5) is 35.7. The second kappa shape index (κ2) is 10.4. The molecule has 5 rings (SSSR count). The number of amides is 1. The number of carbonyl (C=O) groups excluding carboxylic acids is 1. The number of benzene rings is 4. The molecule has 0 saturated carbocycles. The number of fused-ring (bicyclic) bond motifs is 1. The number of hydrogen-bond acceptors (Lipinski definition) is 4. The van der Waals surface area contributed by atoms with Crippen LogP contribution in [-0.2, 0) is 21.4 Å². The van der Waals surface area contributed by atoms with Gasteiger partial charge in [0.05, 0.1) is 16.7 Å². The number of rotatable bonds is 8. The smallest absolute Gasteiger partial charge is 0.326 e. The molecule has 0 saturated heterocycles. The summed E-state index contributed by atoms with van der Waals surface area (Å²) in [5.41, 5.74) is 2.81. The molecule has 2 N–H and O–H groups in total. The van der Waals surface area contributed by atoms with E-state index in [0.29, 0.717) is 11.2 Å². The van der Waals surface area contributed by atoms with Crippen LogP contribution in [0.25, 0.3) is 11.0 Å². The molecule has 1 amide bonds. The van der Waals surface area contributed by atoms with Gasteiger partial charge in [-0.1, -0.05) is 103 Å². The van der Waals surface area contributed by atoms with Gasteiger partial charge in [-0.15, -0.1) is 0 Å². The summed E-state index contributed by atoms with van der Waals surface area (Å²) in [6, 6.07) is 34.5. The Morgan fingerprint density at radius 2 is 1.16 bits per heavy atom. The van der Waals surface area contributed by atoms with Crippen LogP contribution in [0.3, 0.4) is 0 Å². The Morgan fingerprint density at radius 3 is 1.65 bits per heavy atom.